The maximum Gasteiger partial charge on any atom is 0.573 e. The van der Waals surface area contributed by atoms with Crippen LogP contribution in [-0.2, 0) is 9.53 Å². The minimum absolute atomic E-state index is 0.0431. The molecule has 0 spiro atoms. The lowest BCUT2D eigenvalue weighted by molar-refractivity contribution is -0.274. The van der Waals surface area contributed by atoms with E-state index in [2.05, 4.69) is 23.4 Å². The van der Waals surface area contributed by atoms with Gasteiger partial charge in [-0.15, -0.1) is 13.2 Å². The standard InChI is InChI=1S/C22H21F3O3/c1-2-21(26)27-19-11-7-17(8-12-19)15-3-5-16(6-4-15)18-9-13-20(14-10-18)28-22(23,24)25/h2-6,9-10,13-14,17,19H,1,7-8,11-12H2. The van der Waals surface area contributed by atoms with E-state index in [0.29, 0.717) is 5.92 Å². The Hall–Kier alpha value is -2.76. The van der Waals surface area contributed by atoms with Crippen molar-refractivity contribution in [2.24, 2.45) is 0 Å². The normalized spacial score (nSPS) is 19.7. The Balaban J connectivity index is 1.60. The third kappa shape index (κ3) is 5.38. The summed E-state index contributed by atoms with van der Waals surface area (Å²) in [7, 11) is 0. The summed E-state index contributed by atoms with van der Waals surface area (Å²) in [5, 5.41) is 0. The highest BCUT2D eigenvalue weighted by molar-refractivity contribution is 5.81. The molecule has 1 fully saturated rings. The summed E-state index contributed by atoms with van der Waals surface area (Å²) in [6, 6.07) is 13.9. The van der Waals surface area contributed by atoms with Crippen LogP contribution in [0.4, 0.5) is 13.2 Å². The van der Waals surface area contributed by atoms with Crippen LogP contribution >= 0.6 is 0 Å². The zero-order valence-corrected chi connectivity index (χ0v) is 15.2. The molecule has 3 nitrogen and oxygen atoms in total. The predicted octanol–water partition coefficient (Wildman–Crippen LogP) is 6.01. The van der Waals surface area contributed by atoms with Gasteiger partial charge in [-0.25, -0.2) is 4.79 Å². The summed E-state index contributed by atoms with van der Waals surface area (Å²) >= 11 is 0. The molecule has 0 bridgehead atoms. The second-order valence-electron chi connectivity index (χ2n) is 6.81. The Bertz CT molecular complexity index is 802. The van der Waals surface area contributed by atoms with Crippen LogP contribution in [0.5, 0.6) is 5.75 Å². The van der Waals surface area contributed by atoms with Gasteiger partial charge in [0.2, 0.25) is 0 Å². The molecule has 0 radical (unpaired) electrons. The number of ether oxygens (including phenoxy) is 2. The Labute approximate surface area is 161 Å². The van der Waals surface area contributed by atoms with Gasteiger partial charge in [0.1, 0.15) is 11.9 Å². The Kier molecular flexibility index (Phi) is 6.07. The van der Waals surface area contributed by atoms with Crippen LogP contribution in [0.3, 0.4) is 0 Å². The first-order valence-corrected chi connectivity index (χ1v) is 9.13. The maximum absolute atomic E-state index is 12.2. The quantitative estimate of drug-likeness (QED) is 0.463. The molecule has 1 saturated carbocycles. The van der Waals surface area contributed by atoms with Crippen molar-refractivity contribution in [3.8, 4) is 16.9 Å². The van der Waals surface area contributed by atoms with Crippen LogP contribution in [0.2, 0.25) is 0 Å². The molecular weight excluding hydrogens is 369 g/mol. The minimum Gasteiger partial charge on any atom is -0.459 e. The van der Waals surface area contributed by atoms with Gasteiger partial charge in [0, 0.05) is 6.08 Å². The zero-order chi connectivity index (χ0) is 20.1. The number of rotatable bonds is 5. The fourth-order valence-corrected chi connectivity index (χ4v) is 3.52. The second kappa shape index (κ2) is 8.50. The first kappa shape index (κ1) is 20.0. The lowest BCUT2D eigenvalue weighted by Gasteiger charge is -2.28. The molecule has 1 aliphatic rings. The highest BCUT2D eigenvalue weighted by Gasteiger charge is 2.31. The molecule has 28 heavy (non-hydrogen) atoms. The third-order valence-corrected chi connectivity index (χ3v) is 4.93. The van der Waals surface area contributed by atoms with Crippen molar-refractivity contribution in [1.29, 1.82) is 0 Å². The van der Waals surface area contributed by atoms with E-state index in [0.717, 1.165) is 36.8 Å². The molecule has 0 aromatic heterocycles. The van der Waals surface area contributed by atoms with E-state index >= 15 is 0 Å². The molecule has 0 aliphatic heterocycles. The molecule has 0 heterocycles. The maximum atomic E-state index is 12.2. The van der Waals surface area contributed by atoms with Gasteiger partial charge in [0.15, 0.2) is 0 Å². The van der Waals surface area contributed by atoms with Crippen molar-refractivity contribution < 1.29 is 27.4 Å². The van der Waals surface area contributed by atoms with Gasteiger partial charge in [-0.3, -0.25) is 0 Å². The van der Waals surface area contributed by atoms with Crippen molar-refractivity contribution in [2.45, 2.75) is 44.1 Å². The van der Waals surface area contributed by atoms with Crippen molar-refractivity contribution in [3.63, 3.8) is 0 Å². The summed E-state index contributed by atoms with van der Waals surface area (Å²) < 4.78 is 45.9. The number of carbonyl (C=O) groups excluding carboxylic acids is 1. The van der Waals surface area contributed by atoms with Crippen LogP contribution in [-0.4, -0.2) is 18.4 Å². The number of halogens is 3. The van der Waals surface area contributed by atoms with E-state index in [1.54, 1.807) is 12.1 Å². The van der Waals surface area contributed by atoms with E-state index in [1.807, 2.05) is 12.1 Å². The number of hydrogen-bond donors (Lipinski definition) is 0. The first-order chi connectivity index (χ1) is 13.3. The minimum atomic E-state index is -4.69. The molecule has 1 aliphatic carbocycles. The van der Waals surface area contributed by atoms with Gasteiger partial charge in [0.25, 0.3) is 0 Å². The highest BCUT2D eigenvalue weighted by atomic mass is 19.4. The van der Waals surface area contributed by atoms with Crippen molar-refractivity contribution in [2.75, 3.05) is 0 Å². The van der Waals surface area contributed by atoms with Gasteiger partial charge in [-0.1, -0.05) is 43.0 Å². The van der Waals surface area contributed by atoms with Gasteiger partial charge in [0.05, 0.1) is 0 Å². The summed E-state index contributed by atoms with van der Waals surface area (Å²) in [6.07, 6.45) is -0.00744. The van der Waals surface area contributed by atoms with E-state index in [9.17, 15) is 18.0 Å². The van der Waals surface area contributed by atoms with E-state index in [-0.39, 0.29) is 17.8 Å². The van der Waals surface area contributed by atoms with Crippen molar-refractivity contribution in [3.05, 3.63) is 66.7 Å². The van der Waals surface area contributed by atoms with Gasteiger partial charge >= 0.3 is 12.3 Å². The van der Waals surface area contributed by atoms with Gasteiger partial charge < -0.3 is 9.47 Å². The molecule has 3 rings (SSSR count). The monoisotopic (exact) mass is 390 g/mol. The molecule has 0 saturated heterocycles. The summed E-state index contributed by atoms with van der Waals surface area (Å²) in [5.41, 5.74) is 2.96. The van der Waals surface area contributed by atoms with Crippen LogP contribution < -0.4 is 4.74 Å². The van der Waals surface area contributed by atoms with Crippen LogP contribution in [0, 0.1) is 0 Å². The molecular formula is C22H21F3O3. The predicted molar refractivity (Wildman–Crippen MR) is 99.8 cm³/mol. The lowest BCUT2D eigenvalue weighted by Crippen LogP contribution is -2.23. The number of esters is 1. The number of carbonyl (C=O) groups is 1. The Morgan fingerprint density at radius 2 is 1.46 bits per heavy atom. The largest absolute Gasteiger partial charge is 0.573 e. The Morgan fingerprint density at radius 1 is 0.929 bits per heavy atom. The van der Waals surface area contributed by atoms with E-state index < -0.39 is 6.36 Å². The van der Waals surface area contributed by atoms with Crippen LogP contribution in [0.1, 0.15) is 37.2 Å². The smallest absolute Gasteiger partial charge is 0.459 e. The molecule has 0 unspecified atom stereocenters. The average Bonchev–Trinajstić information content (AvgIpc) is 2.68. The highest BCUT2D eigenvalue weighted by Crippen LogP contribution is 2.35. The van der Waals surface area contributed by atoms with E-state index in [1.165, 1.54) is 23.8 Å². The average molecular weight is 390 g/mol. The SMILES string of the molecule is C=CC(=O)OC1CCC(c2ccc(-c3ccc(OC(F)(F)F)cc3)cc2)CC1. The lowest BCUT2D eigenvalue weighted by atomic mass is 9.82. The molecule has 0 N–H and O–H groups in total. The third-order valence-electron chi connectivity index (χ3n) is 4.93. The number of hydrogen-bond acceptors (Lipinski definition) is 3. The van der Waals surface area contributed by atoms with Gasteiger partial charge in [-0.05, 0) is 60.4 Å². The summed E-state index contributed by atoms with van der Waals surface area (Å²) in [6.45, 7) is 3.41. The molecule has 0 atom stereocenters. The van der Waals surface area contributed by atoms with Crippen LogP contribution in [0.15, 0.2) is 61.2 Å². The molecule has 2 aromatic carbocycles. The number of alkyl halides is 3. The molecule has 0 amide bonds. The fourth-order valence-electron chi connectivity index (χ4n) is 3.52. The summed E-state index contributed by atoms with van der Waals surface area (Å²) in [4.78, 5) is 11.3. The first-order valence-electron chi connectivity index (χ1n) is 9.13. The summed E-state index contributed by atoms with van der Waals surface area (Å²) in [5.74, 6) is -0.198. The zero-order valence-electron chi connectivity index (χ0n) is 15.2. The van der Waals surface area contributed by atoms with Gasteiger partial charge in [-0.2, -0.15) is 0 Å². The molecule has 148 valence electrons. The van der Waals surface area contributed by atoms with Crippen molar-refractivity contribution >= 4 is 5.97 Å². The van der Waals surface area contributed by atoms with E-state index in [4.69, 9.17) is 4.74 Å². The molecule has 2 aromatic rings. The fraction of sp³-hybridized carbons (Fsp3) is 0.318. The second-order valence-corrected chi connectivity index (χ2v) is 6.81. The topological polar surface area (TPSA) is 35.5 Å². The number of benzene rings is 2. The van der Waals surface area contributed by atoms with Crippen LogP contribution in [0.25, 0.3) is 11.1 Å². The Morgan fingerprint density at radius 3 is 1.96 bits per heavy atom. The molecule has 6 heteroatoms. The van der Waals surface area contributed by atoms with Crippen molar-refractivity contribution in [1.82, 2.24) is 0 Å².